The van der Waals surface area contributed by atoms with Gasteiger partial charge in [0.25, 0.3) is 0 Å². The first kappa shape index (κ1) is 18.4. The van der Waals surface area contributed by atoms with Gasteiger partial charge < -0.3 is 14.5 Å². The van der Waals surface area contributed by atoms with Crippen LogP contribution in [0.4, 0.5) is 0 Å². The summed E-state index contributed by atoms with van der Waals surface area (Å²) >= 11 is 0. The van der Waals surface area contributed by atoms with Crippen molar-refractivity contribution in [1.29, 1.82) is 0 Å². The Hall–Kier alpha value is -2.37. The summed E-state index contributed by atoms with van der Waals surface area (Å²) in [6.07, 6.45) is 3.77. The van der Waals surface area contributed by atoms with E-state index >= 15 is 0 Å². The molecule has 2 heterocycles. The van der Waals surface area contributed by atoms with Gasteiger partial charge in [-0.05, 0) is 37.1 Å². The molecule has 0 radical (unpaired) electrons. The molecule has 0 saturated carbocycles. The lowest BCUT2D eigenvalue weighted by Crippen LogP contribution is -2.25. The van der Waals surface area contributed by atoms with Crippen molar-refractivity contribution in [3.63, 3.8) is 0 Å². The molecule has 3 rings (SSSR count). The van der Waals surface area contributed by atoms with Crippen molar-refractivity contribution in [2.24, 2.45) is 5.92 Å². The highest BCUT2D eigenvalue weighted by Gasteiger charge is 2.16. The van der Waals surface area contributed by atoms with E-state index in [1.807, 2.05) is 41.9 Å². The number of aryl methyl sites for hydroxylation is 1. The third-order valence-corrected chi connectivity index (χ3v) is 4.18. The molecule has 138 valence electrons. The van der Waals surface area contributed by atoms with Gasteiger partial charge in [-0.2, -0.15) is 5.10 Å². The normalized spacial score (nSPS) is 12.6. The largest absolute Gasteiger partial charge is 0.468 e. The summed E-state index contributed by atoms with van der Waals surface area (Å²) in [5, 5.41) is 8.17. The number of hydrogen-bond acceptors (Lipinski definition) is 4. The molecule has 0 saturated heterocycles. The Bertz CT molecular complexity index is 779. The number of hydrogen-bond donors (Lipinski definition) is 1. The Balaban J connectivity index is 1.66. The van der Waals surface area contributed by atoms with Gasteiger partial charge in [-0.3, -0.25) is 0 Å². The third-order valence-electron chi connectivity index (χ3n) is 4.18. The Labute approximate surface area is 155 Å². The first-order valence-electron chi connectivity index (χ1n) is 9.08. The topological polar surface area (TPSA) is 52.2 Å². The Kier molecular flexibility index (Phi) is 6.26. The smallest absolute Gasteiger partial charge is 0.123 e. The molecule has 1 N–H and O–H groups in total. The fourth-order valence-corrected chi connectivity index (χ4v) is 2.77. The van der Waals surface area contributed by atoms with Gasteiger partial charge in [0, 0.05) is 24.9 Å². The molecule has 0 bridgehead atoms. The molecule has 3 aromatic rings. The van der Waals surface area contributed by atoms with Crippen LogP contribution in [0.1, 0.15) is 36.9 Å². The van der Waals surface area contributed by atoms with Gasteiger partial charge >= 0.3 is 0 Å². The zero-order valence-electron chi connectivity index (χ0n) is 15.7. The van der Waals surface area contributed by atoms with E-state index in [1.165, 1.54) is 0 Å². The van der Waals surface area contributed by atoms with Crippen molar-refractivity contribution in [2.45, 2.75) is 33.4 Å². The number of benzene rings is 1. The van der Waals surface area contributed by atoms with E-state index in [-0.39, 0.29) is 6.04 Å². The molecule has 2 aromatic heterocycles. The molecule has 5 heteroatoms. The number of para-hydroxylation sites is 1. The summed E-state index contributed by atoms with van der Waals surface area (Å²) in [6, 6.07) is 14.1. The Morgan fingerprint density at radius 3 is 2.62 bits per heavy atom. The van der Waals surface area contributed by atoms with Gasteiger partial charge in [-0.1, -0.05) is 32.0 Å². The predicted octanol–water partition coefficient (Wildman–Crippen LogP) is 4.28. The summed E-state index contributed by atoms with van der Waals surface area (Å²) in [4.78, 5) is 0. The second-order valence-electron chi connectivity index (χ2n) is 6.90. The fourth-order valence-electron chi connectivity index (χ4n) is 2.77. The van der Waals surface area contributed by atoms with E-state index in [0.29, 0.717) is 19.1 Å². The Morgan fingerprint density at radius 2 is 1.92 bits per heavy atom. The van der Waals surface area contributed by atoms with Crippen molar-refractivity contribution in [1.82, 2.24) is 15.1 Å². The number of nitrogens with zero attached hydrogens (tertiary/aromatic N) is 2. The maximum absolute atomic E-state index is 5.83. The third kappa shape index (κ3) is 4.84. The van der Waals surface area contributed by atoms with E-state index < -0.39 is 0 Å². The van der Waals surface area contributed by atoms with Crippen molar-refractivity contribution in [3.05, 3.63) is 71.9 Å². The standard InChI is InChI=1S/C21H27N3O2/c1-16(2)14-25-15-20(21-10-7-11-26-21)22-12-18-13-24(23-17(18)3)19-8-5-4-6-9-19/h4-11,13,16,20,22H,12,14-15H2,1-3H3. The predicted molar refractivity (Wildman–Crippen MR) is 102 cm³/mol. The van der Waals surface area contributed by atoms with Crippen molar-refractivity contribution in [2.75, 3.05) is 13.2 Å². The van der Waals surface area contributed by atoms with Gasteiger partial charge in [-0.15, -0.1) is 0 Å². The number of aromatic nitrogens is 2. The maximum Gasteiger partial charge on any atom is 0.123 e. The van der Waals surface area contributed by atoms with Crippen LogP contribution in [-0.4, -0.2) is 23.0 Å². The van der Waals surface area contributed by atoms with Crippen LogP contribution >= 0.6 is 0 Å². The lowest BCUT2D eigenvalue weighted by molar-refractivity contribution is 0.0844. The van der Waals surface area contributed by atoms with Crippen molar-refractivity contribution in [3.8, 4) is 5.69 Å². The molecule has 0 aliphatic carbocycles. The van der Waals surface area contributed by atoms with Gasteiger partial charge in [0.15, 0.2) is 0 Å². The molecule has 0 aliphatic heterocycles. The molecule has 0 amide bonds. The second kappa shape index (κ2) is 8.83. The minimum atomic E-state index is 0.0169. The zero-order chi connectivity index (χ0) is 18.4. The molecule has 5 nitrogen and oxygen atoms in total. The van der Waals surface area contributed by atoms with E-state index in [4.69, 9.17) is 9.15 Å². The minimum absolute atomic E-state index is 0.0169. The SMILES string of the molecule is Cc1nn(-c2ccccc2)cc1CNC(COCC(C)C)c1ccco1. The van der Waals surface area contributed by atoms with Crippen LogP contribution in [0.15, 0.2) is 59.3 Å². The number of ether oxygens (including phenoxy) is 1. The van der Waals surface area contributed by atoms with E-state index in [2.05, 4.69) is 42.6 Å². The first-order valence-corrected chi connectivity index (χ1v) is 9.08. The first-order chi connectivity index (χ1) is 12.6. The van der Waals surface area contributed by atoms with Crippen LogP contribution in [0.5, 0.6) is 0 Å². The van der Waals surface area contributed by atoms with Crippen LogP contribution in [0, 0.1) is 12.8 Å². The lowest BCUT2D eigenvalue weighted by Gasteiger charge is -2.17. The summed E-state index contributed by atoms with van der Waals surface area (Å²) < 4.78 is 13.3. The van der Waals surface area contributed by atoms with Crippen LogP contribution in [0.25, 0.3) is 5.69 Å². The molecule has 1 aromatic carbocycles. The summed E-state index contributed by atoms with van der Waals surface area (Å²) in [6.45, 7) is 8.36. The zero-order valence-corrected chi connectivity index (χ0v) is 15.7. The summed E-state index contributed by atoms with van der Waals surface area (Å²) in [7, 11) is 0. The molecule has 0 aliphatic rings. The monoisotopic (exact) mass is 353 g/mol. The number of furan rings is 1. The molecule has 1 atom stereocenters. The molecule has 0 fully saturated rings. The highest BCUT2D eigenvalue weighted by atomic mass is 16.5. The second-order valence-corrected chi connectivity index (χ2v) is 6.90. The lowest BCUT2D eigenvalue weighted by atomic mass is 10.2. The minimum Gasteiger partial charge on any atom is -0.468 e. The highest BCUT2D eigenvalue weighted by Crippen LogP contribution is 2.17. The fraction of sp³-hybridized carbons (Fsp3) is 0.381. The number of rotatable bonds is 9. The molecule has 26 heavy (non-hydrogen) atoms. The van der Waals surface area contributed by atoms with Gasteiger partial charge in [0.05, 0.1) is 30.3 Å². The summed E-state index contributed by atoms with van der Waals surface area (Å²) in [5.74, 6) is 1.40. The van der Waals surface area contributed by atoms with Gasteiger partial charge in [0.1, 0.15) is 5.76 Å². The molecular formula is C21H27N3O2. The molecular weight excluding hydrogens is 326 g/mol. The van der Waals surface area contributed by atoms with Crippen LogP contribution < -0.4 is 5.32 Å². The molecule has 0 spiro atoms. The van der Waals surface area contributed by atoms with E-state index in [0.717, 1.165) is 29.3 Å². The number of nitrogens with one attached hydrogen (secondary N) is 1. The average molecular weight is 353 g/mol. The van der Waals surface area contributed by atoms with Gasteiger partial charge in [0.2, 0.25) is 0 Å². The van der Waals surface area contributed by atoms with E-state index in [1.54, 1.807) is 6.26 Å². The van der Waals surface area contributed by atoms with Crippen LogP contribution in [0.3, 0.4) is 0 Å². The Morgan fingerprint density at radius 1 is 1.12 bits per heavy atom. The van der Waals surface area contributed by atoms with Crippen molar-refractivity contribution >= 4 is 0 Å². The van der Waals surface area contributed by atoms with Crippen LogP contribution in [-0.2, 0) is 11.3 Å². The van der Waals surface area contributed by atoms with Gasteiger partial charge in [-0.25, -0.2) is 4.68 Å². The summed E-state index contributed by atoms with van der Waals surface area (Å²) in [5.41, 5.74) is 3.24. The quantitative estimate of drug-likeness (QED) is 0.624. The molecule has 1 unspecified atom stereocenters. The highest BCUT2D eigenvalue weighted by molar-refractivity contribution is 5.32. The van der Waals surface area contributed by atoms with E-state index in [9.17, 15) is 0 Å². The van der Waals surface area contributed by atoms with Crippen LogP contribution in [0.2, 0.25) is 0 Å². The average Bonchev–Trinajstić information content (AvgIpc) is 3.28. The van der Waals surface area contributed by atoms with Crippen molar-refractivity contribution < 1.29 is 9.15 Å². The maximum atomic E-state index is 5.83.